The first-order valence-electron chi connectivity index (χ1n) is 5.23. The predicted octanol–water partition coefficient (Wildman–Crippen LogP) is 1.93. The summed E-state index contributed by atoms with van der Waals surface area (Å²) in [6, 6.07) is 0. The molecule has 0 aromatic rings. The Morgan fingerprint density at radius 2 is 1.58 bits per heavy atom. The van der Waals surface area contributed by atoms with E-state index in [1.54, 1.807) is 0 Å². The predicted molar refractivity (Wildman–Crippen MR) is 53.3 cm³/mol. The minimum atomic E-state index is 0.308. The summed E-state index contributed by atoms with van der Waals surface area (Å²) in [6.45, 7) is 4.62. The molecule has 0 rings (SSSR count). The molecule has 0 aliphatic heterocycles. The normalized spacial score (nSPS) is 10.5. The van der Waals surface area contributed by atoms with Gasteiger partial charge in [0.05, 0.1) is 0 Å². The molecule has 0 unspecified atom stereocenters. The highest BCUT2D eigenvalue weighted by Crippen LogP contribution is 2.00. The lowest BCUT2D eigenvalue weighted by atomic mass is 10.1. The maximum atomic E-state index is 8.50. The minimum absolute atomic E-state index is 0.308. The number of hydrogen-bond donors (Lipinski definition) is 2. The van der Waals surface area contributed by atoms with Crippen molar-refractivity contribution in [2.45, 2.75) is 45.4 Å². The average molecular weight is 173 g/mol. The first-order chi connectivity index (χ1) is 5.91. The van der Waals surface area contributed by atoms with Gasteiger partial charge in [0.1, 0.15) is 0 Å². The van der Waals surface area contributed by atoms with Crippen LogP contribution in [0.2, 0.25) is 0 Å². The molecule has 0 bridgehead atoms. The third kappa shape index (κ3) is 9.92. The molecule has 12 heavy (non-hydrogen) atoms. The van der Waals surface area contributed by atoms with Crippen LogP contribution >= 0.6 is 0 Å². The smallest absolute Gasteiger partial charge is 0.0443 e. The van der Waals surface area contributed by atoms with Gasteiger partial charge in [0.25, 0.3) is 0 Å². The van der Waals surface area contributed by atoms with Gasteiger partial charge in [-0.15, -0.1) is 0 Å². The van der Waals surface area contributed by atoms with E-state index in [0.717, 1.165) is 19.5 Å². The topological polar surface area (TPSA) is 32.3 Å². The van der Waals surface area contributed by atoms with Gasteiger partial charge in [-0.1, -0.05) is 32.6 Å². The van der Waals surface area contributed by atoms with Crippen molar-refractivity contribution in [3.8, 4) is 0 Å². The van der Waals surface area contributed by atoms with E-state index in [1.165, 1.54) is 32.1 Å². The first-order valence-corrected chi connectivity index (χ1v) is 5.23. The molecule has 0 saturated heterocycles. The molecular weight excluding hydrogens is 150 g/mol. The third-order valence-electron chi connectivity index (χ3n) is 1.97. The van der Waals surface area contributed by atoms with Crippen molar-refractivity contribution in [2.24, 2.45) is 0 Å². The van der Waals surface area contributed by atoms with Crippen LogP contribution in [0, 0.1) is 0 Å². The van der Waals surface area contributed by atoms with Gasteiger partial charge in [0.15, 0.2) is 0 Å². The number of rotatable bonds is 9. The Morgan fingerprint density at radius 3 is 2.25 bits per heavy atom. The molecule has 0 aromatic carbocycles. The van der Waals surface area contributed by atoms with Gasteiger partial charge in [-0.05, 0) is 25.9 Å². The van der Waals surface area contributed by atoms with Gasteiger partial charge >= 0.3 is 0 Å². The van der Waals surface area contributed by atoms with E-state index < -0.39 is 0 Å². The monoisotopic (exact) mass is 173 g/mol. The Morgan fingerprint density at radius 1 is 0.917 bits per heavy atom. The van der Waals surface area contributed by atoms with Crippen molar-refractivity contribution < 1.29 is 5.11 Å². The number of hydrogen-bond acceptors (Lipinski definition) is 2. The minimum Gasteiger partial charge on any atom is -0.396 e. The lowest BCUT2D eigenvalue weighted by Crippen LogP contribution is -2.17. The fourth-order valence-corrected chi connectivity index (χ4v) is 1.18. The Balaban J connectivity index is 2.73. The molecule has 2 N–H and O–H groups in total. The molecule has 0 atom stereocenters. The summed E-state index contributed by atoms with van der Waals surface area (Å²) in [6.07, 6.45) is 7.58. The molecule has 0 saturated carbocycles. The summed E-state index contributed by atoms with van der Waals surface area (Å²) in [5.41, 5.74) is 0. The van der Waals surface area contributed by atoms with Gasteiger partial charge in [-0.25, -0.2) is 0 Å². The van der Waals surface area contributed by atoms with Crippen LogP contribution in [0.1, 0.15) is 45.4 Å². The van der Waals surface area contributed by atoms with E-state index >= 15 is 0 Å². The average Bonchev–Trinajstić information content (AvgIpc) is 2.10. The number of nitrogens with one attached hydrogen (secondary N) is 1. The molecule has 0 aliphatic carbocycles. The Labute approximate surface area is 76.4 Å². The summed E-state index contributed by atoms with van der Waals surface area (Å²) in [7, 11) is 0. The SMILES string of the molecule is CCCCCCCNCCCO. The van der Waals surface area contributed by atoms with Gasteiger partial charge in [-0.3, -0.25) is 0 Å². The highest BCUT2D eigenvalue weighted by molar-refractivity contribution is 4.48. The van der Waals surface area contributed by atoms with Gasteiger partial charge in [0, 0.05) is 6.61 Å². The van der Waals surface area contributed by atoms with Crippen LogP contribution in [0.4, 0.5) is 0 Å². The quantitative estimate of drug-likeness (QED) is 0.522. The molecule has 0 spiro atoms. The standard InChI is InChI=1S/C10H23NO/c1-2-3-4-5-6-8-11-9-7-10-12/h11-12H,2-10H2,1H3. The van der Waals surface area contributed by atoms with Crippen molar-refractivity contribution in [1.82, 2.24) is 5.32 Å². The van der Waals surface area contributed by atoms with Crippen LogP contribution in [0.5, 0.6) is 0 Å². The second-order valence-corrected chi connectivity index (χ2v) is 3.24. The summed E-state index contributed by atoms with van der Waals surface area (Å²) < 4.78 is 0. The van der Waals surface area contributed by atoms with Crippen molar-refractivity contribution in [2.75, 3.05) is 19.7 Å². The molecule has 0 aromatic heterocycles. The third-order valence-corrected chi connectivity index (χ3v) is 1.97. The zero-order valence-electron chi connectivity index (χ0n) is 8.31. The molecule has 74 valence electrons. The summed E-state index contributed by atoms with van der Waals surface area (Å²) in [4.78, 5) is 0. The number of aliphatic hydroxyl groups excluding tert-OH is 1. The second-order valence-electron chi connectivity index (χ2n) is 3.24. The molecule has 0 fully saturated rings. The molecular formula is C10H23NO. The van der Waals surface area contributed by atoms with Crippen molar-refractivity contribution in [3.05, 3.63) is 0 Å². The summed E-state index contributed by atoms with van der Waals surface area (Å²) in [5.74, 6) is 0. The van der Waals surface area contributed by atoms with Crippen LogP contribution in [0.3, 0.4) is 0 Å². The van der Waals surface area contributed by atoms with E-state index in [0.29, 0.717) is 6.61 Å². The lowest BCUT2D eigenvalue weighted by molar-refractivity contribution is 0.286. The van der Waals surface area contributed by atoms with Crippen molar-refractivity contribution in [3.63, 3.8) is 0 Å². The Kier molecular flexibility index (Phi) is 10.8. The van der Waals surface area contributed by atoms with Crippen LogP contribution in [0.25, 0.3) is 0 Å². The highest BCUT2D eigenvalue weighted by atomic mass is 16.3. The number of aliphatic hydroxyl groups is 1. The van der Waals surface area contributed by atoms with E-state index in [4.69, 9.17) is 5.11 Å². The highest BCUT2D eigenvalue weighted by Gasteiger charge is 1.88. The van der Waals surface area contributed by atoms with Crippen LogP contribution < -0.4 is 5.32 Å². The van der Waals surface area contributed by atoms with Gasteiger partial charge in [0.2, 0.25) is 0 Å². The van der Waals surface area contributed by atoms with Crippen LogP contribution in [-0.2, 0) is 0 Å². The maximum absolute atomic E-state index is 8.50. The first kappa shape index (κ1) is 11.9. The van der Waals surface area contributed by atoms with Gasteiger partial charge in [-0.2, -0.15) is 0 Å². The molecule has 0 heterocycles. The second kappa shape index (κ2) is 10.9. The van der Waals surface area contributed by atoms with E-state index in [1.807, 2.05) is 0 Å². The fourth-order valence-electron chi connectivity index (χ4n) is 1.18. The zero-order chi connectivity index (χ0) is 9.07. The molecule has 0 radical (unpaired) electrons. The summed E-state index contributed by atoms with van der Waals surface area (Å²) in [5, 5.41) is 11.8. The molecule has 0 amide bonds. The fraction of sp³-hybridized carbons (Fsp3) is 1.00. The van der Waals surface area contributed by atoms with Crippen molar-refractivity contribution in [1.29, 1.82) is 0 Å². The number of unbranched alkanes of at least 4 members (excludes halogenated alkanes) is 4. The Bertz CT molecular complexity index is 66.2. The van der Waals surface area contributed by atoms with Crippen LogP contribution in [0.15, 0.2) is 0 Å². The van der Waals surface area contributed by atoms with Gasteiger partial charge < -0.3 is 10.4 Å². The van der Waals surface area contributed by atoms with Crippen LogP contribution in [-0.4, -0.2) is 24.8 Å². The lowest BCUT2D eigenvalue weighted by Gasteiger charge is -2.02. The van der Waals surface area contributed by atoms with E-state index in [2.05, 4.69) is 12.2 Å². The van der Waals surface area contributed by atoms with Crippen molar-refractivity contribution >= 4 is 0 Å². The van der Waals surface area contributed by atoms with E-state index in [-0.39, 0.29) is 0 Å². The van der Waals surface area contributed by atoms with E-state index in [9.17, 15) is 0 Å². The largest absolute Gasteiger partial charge is 0.396 e. The Hall–Kier alpha value is -0.0800. The maximum Gasteiger partial charge on any atom is 0.0443 e. The molecule has 0 aliphatic rings. The molecule has 2 nitrogen and oxygen atoms in total. The summed E-state index contributed by atoms with van der Waals surface area (Å²) >= 11 is 0. The molecule has 2 heteroatoms. The zero-order valence-corrected chi connectivity index (χ0v) is 8.31.